The summed E-state index contributed by atoms with van der Waals surface area (Å²) in [6.07, 6.45) is 2.49. The van der Waals surface area contributed by atoms with Gasteiger partial charge in [-0.1, -0.05) is 6.07 Å². The molecule has 0 spiro atoms. The third-order valence-corrected chi connectivity index (χ3v) is 7.81. The minimum atomic E-state index is -3.10. The van der Waals surface area contributed by atoms with Gasteiger partial charge in [0.05, 0.1) is 34.2 Å². The number of aryl methyl sites for hydroxylation is 1. The van der Waals surface area contributed by atoms with Crippen LogP contribution in [0, 0.1) is 6.92 Å². The number of nitrogens with one attached hydrogen (secondary N) is 1. The summed E-state index contributed by atoms with van der Waals surface area (Å²) in [7, 11) is -3.10. The number of anilines is 1. The van der Waals surface area contributed by atoms with Gasteiger partial charge in [-0.15, -0.1) is 0 Å². The predicted octanol–water partition coefficient (Wildman–Crippen LogP) is 2.33. The Hall–Kier alpha value is -3.27. The van der Waals surface area contributed by atoms with E-state index < -0.39 is 15.7 Å². The molecule has 5 rings (SSSR count). The minimum absolute atomic E-state index is 0.0278. The van der Waals surface area contributed by atoms with E-state index in [0.29, 0.717) is 45.9 Å². The van der Waals surface area contributed by atoms with Crippen molar-refractivity contribution in [2.75, 3.05) is 16.8 Å². The second-order valence-corrected chi connectivity index (χ2v) is 10.8. The molecular formula is C22H23N5O4S. The van der Waals surface area contributed by atoms with Crippen molar-refractivity contribution in [3.8, 4) is 0 Å². The fraction of sp³-hybridized carbons (Fsp3) is 0.364. The lowest BCUT2D eigenvalue weighted by molar-refractivity contribution is 0.0996. The molecule has 1 aliphatic heterocycles. The molecule has 0 radical (unpaired) electrons. The predicted molar refractivity (Wildman–Crippen MR) is 119 cm³/mol. The summed E-state index contributed by atoms with van der Waals surface area (Å²) in [4.78, 5) is 29.6. The standard InChI is InChI=1S/C22H23N5O4S/c1-12-19-17(22(29)24-15-4-2-3-14(9-15)20(23)28)10-18(13-5-6-13)25-21(19)27(26-12)16-7-8-32(30,31)11-16/h2-4,9-10,13,16H,5-8,11H2,1H3,(H2,23,28)(H,24,29). The van der Waals surface area contributed by atoms with E-state index in [-0.39, 0.29) is 23.5 Å². The number of benzene rings is 1. The molecule has 166 valence electrons. The number of hydrogen-bond acceptors (Lipinski definition) is 6. The molecule has 1 saturated heterocycles. The average Bonchev–Trinajstić information content (AvgIpc) is 3.46. The minimum Gasteiger partial charge on any atom is -0.366 e. The monoisotopic (exact) mass is 453 g/mol. The number of sulfone groups is 1. The van der Waals surface area contributed by atoms with Crippen LogP contribution in [0.15, 0.2) is 30.3 Å². The summed E-state index contributed by atoms with van der Waals surface area (Å²) < 4.78 is 25.8. The zero-order valence-corrected chi connectivity index (χ0v) is 18.4. The molecule has 1 aliphatic carbocycles. The first-order valence-electron chi connectivity index (χ1n) is 10.5. The highest BCUT2D eigenvalue weighted by atomic mass is 32.2. The first kappa shape index (κ1) is 20.6. The lowest BCUT2D eigenvalue weighted by Gasteiger charge is -2.12. The second-order valence-electron chi connectivity index (χ2n) is 8.55. The van der Waals surface area contributed by atoms with Crippen molar-refractivity contribution in [3.05, 3.63) is 52.8 Å². The maximum Gasteiger partial charge on any atom is 0.256 e. The Bertz CT molecular complexity index is 1370. The number of nitrogens with two attached hydrogens (primary N) is 1. The topological polar surface area (TPSA) is 137 Å². The molecule has 3 aromatic rings. The lowest BCUT2D eigenvalue weighted by Crippen LogP contribution is -2.16. The molecule has 0 bridgehead atoms. The third-order valence-electron chi connectivity index (χ3n) is 6.06. The van der Waals surface area contributed by atoms with Crippen LogP contribution in [0.1, 0.15) is 63.3 Å². The molecule has 3 N–H and O–H groups in total. The van der Waals surface area contributed by atoms with Gasteiger partial charge in [0.25, 0.3) is 5.91 Å². The van der Waals surface area contributed by atoms with Crippen molar-refractivity contribution in [1.82, 2.24) is 14.8 Å². The zero-order chi connectivity index (χ0) is 22.6. The molecule has 1 unspecified atom stereocenters. The number of amides is 2. The van der Waals surface area contributed by atoms with Crippen molar-refractivity contribution in [2.45, 2.75) is 38.1 Å². The normalized spacial score (nSPS) is 19.8. The van der Waals surface area contributed by atoms with E-state index in [1.54, 1.807) is 35.9 Å². The summed E-state index contributed by atoms with van der Waals surface area (Å²) in [6, 6.07) is 7.96. The van der Waals surface area contributed by atoms with Crippen molar-refractivity contribution >= 4 is 38.4 Å². The fourth-order valence-electron chi connectivity index (χ4n) is 4.27. The number of carbonyl (C=O) groups excluding carboxylic acids is 2. The molecule has 2 aliphatic rings. The molecule has 1 saturated carbocycles. The van der Waals surface area contributed by atoms with Crippen LogP contribution in [-0.4, -0.2) is 46.5 Å². The number of nitrogens with zero attached hydrogens (tertiary/aromatic N) is 3. The number of pyridine rings is 1. The van der Waals surface area contributed by atoms with E-state index in [0.717, 1.165) is 18.5 Å². The van der Waals surface area contributed by atoms with Gasteiger partial charge in [-0.25, -0.2) is 18.1 Å². The van der Waals surface area contributed by atoms with Gasteiger partial charge in [-0.3, -0.25) is 9.59 Å². The maximum absolute atomic E-state index is 13.3. The van der Waals surface area contributed by atoms with Gasteiger partial charge in [0, 0.05) is 22.9 Å². The molecule has 1 aromatic carbocycles. The second kappa shape index (κ2) is 7.40. The number of primary amides is 1. The first-order chi connectivity index (χ1) is 15.2. The Morgan fingerprint density at radius 2 is 1.97 bits per heavy atom. The Kier molecular flexibility index (Phi) is 4.77. The van der Waals surface area contributed by atoms with Crippen LogP contribution in [0.3, 0.4) is 0 Å². The molecule has 3 heterocycles. The van der Waals surface area contributed by atoms with Crippen molar-refractivity contribution in [3.63, 3.8) is 0 Å². The van der Waals surface area contributed by atoms with E-state index in [1.807, 2.05) is 0 Å². The van der Waals surface area contributed by atoms with Gasteiger partial charge >= 0.3 is 0 Å². The Labute approximate surface area is 184 Å². The number of carbonyl (C=O) groups is 2. The van der Waals surface area contributed by atoms with Gasteiger partial charge in [0.15, 0.2) is 15.5 Å². The quantitative estimate of drug-likeness (QED) is 0.608. The molecule has 9 nitrogen and oxygen atoms in total. The molecule has 32 heavy (non-hydrogen) atoms. The van der Waals surface area contributed by atoms with E-state index >= 15 is 0 Å². The van der Waals surface area contributed by atoms with Crippen molar-refractivity contribution in [1.29, 1.82) is 0 Å². The molecule has 2 aromatic heterocycles. The third kappa shape index (κ3) is 3.75. The lowest BCUT2D eigenvalue weighted by atomic mass is 10.1. The number of aromatic nitrogens is 3. The highest BCUT2D eigenvalue weighted by Crippen LogP contribution is 2.41. The number of rotatable bonds is 5. The zero-order valence-electron chi connectivity index (χ0n) is 17.5. The van der Waals surface area contributed by atoms with E-state index in [1.165, 1.54) is 6.07 Å². The van der Waals surface area contributed by atoms with Gasteiger partial charge < -0.3 is 11.1 Å². The molecule has 1 atom stereocenters. The largest absolute Gasteiger partial charge is 0.366 e. The van der Waals surface area contributed by atoms with E-state index in [2.05, 4.69) is 10.4 Å². The summed E-state index contributed by atoms with van der Waals surface area (Å²) >= 11 is 0. The Balaban J connectivity index is 1.59. The summed E-state index contributed by atoms with van der Waals surface area (Å²) in [5.74, 6) is -0.473. The first-order valence-corrected chi connectivity index (χ1v) is 12.4. The van der Waals surface area contributed by atoms with Crippen LogP contribution >= 0.6 is 0 Å². The Morgan fingerprint density at radius 1 is 1.19 bits per heavy atom. The van der Waals surface area contributed by atoms with Crippen molar-refractivity contribution < 1.29 is 18.0 Å². The number of fused-ring (bicyclic) bond motifs is 1. The van der Waals surface area contributed by atoms with Crippen LogP contribution in [0.25, 0.3) is 11.0 Å². The van der Waals surface area contributed by atoms with E-state index in [4.69, 9.17) is 10.7 Å². The van der Waals surface area contributed by atoms with Gasteiger partial charge in [-0.2, -0.15) is 5.10 Å². The van der Waals surface area contributed by atoms with Crippen LogP contribution in [0.4, 0.5) is 5.69 Å². The highest BCUT2D eigenvalue weighted by molar-refractivity contribution is 7.91. The van der Waals surface area contributed by atoms with Crippen molar-refractivity contribution in [2.24, 2.45) is 5.73 Å². The summed E-state index contributed by atoms with van der Waals surface area (Å²) in [6.45, 7) is 1.80. The Morgan fingerprint density at radius 3 is 2.62 bits per heavy atom. The van der Waals surface area contributed by atoms with Gasteiger partial charge in [-0.05, 0) is 50.5 Å². The highest BCUT2D eigenvalue weighted by Gasteiger charge is 2.34. The molecule has 2 fully saturated rings. The summed E-state index contributed by atoms with van der Waals surface area (Å²) in [5.41, 5.74) is 8.52. The maximum atomic E-state index is 13.3. The fourth-order valence-corrected chi connectivity index (χ4v) is 5.96. The van der Waals surface area contributed by atoms with E-state index in [9.17, 15) is 18.0 Å². The van der Waals surface area contributed by atoms with Crippen LogP contribution in [0.2, 0.25) is 0 Å². The molecule has 2 amide bonds. The molecule has 10 heteroatoms. The van der Waals surface area contributed by atoms with Gasteiger partial charge in [0.2, 0.25) is 5.91 Å². The van der Waals surface area contributed by atoms with Gasteiger partial charge in [0.1, 0.15) is 0 Å². The number of hydrogen-bond donors (Lipinski definition) is 2. The van der Waals surface area contributed by atoms with Crippen LogP contribution in [0.5, 0.6) is 0 Å². The van der Waals surface area contributed by atoms with Crippen LogP contribution in [-0.2, 0) is 9.84 Å². The van der Waals surface area contributed by atoms with Crippen LogP contribution < -0.4 is 11.1 Å². The smallest absolute Gasteiger partial charge is 0.256 e. The SMILES string of the molecule is Cc1nn(C2CCS(=O)(=O)C2)c2nc(C3CC3)cc(C(=O)Nc3cccc(C(N)=O)c3)c12. The molecular weight excluding hydrogens is 430 g/mol. The summed E-state index contributed by atoms with van der Waals surface area (Å²) in [5, 5.41) is 8.05. The average molecular weight is 454 g/mol.